The van der Waals surface area contributed by atoms with Gasteiger partial charge in [-0.15, -0.1) is 0 Å². The van der Waals surface area contributed by atoms with Gasteiger partial charge in [0.05, 0.1) is 38.6 Å². The lowest BCUT2D eigenvalue weighted by Crippen LogP contribution is -2.54. The third-order valence-corrected chi connectivity index (χ3v) is 20.1. The van der Waals surface area contributed by atoms with Crippen LogP contribution in [0.1, 0.15) is 231 Å². The summed E-state index contributed by atoms with van der Waals surface area (Å²) in [7, 11) is 0. The summed E-state index contributed by atoms with van der Waals surface area (Å²) in [6, 6.07) is 4.25. The largest absolute Gasteiger partial charge is 0.375 e. The topological polar surface area (TPSA) is 89.6 Å². The SMILES string of the molecule is C1CCC(OCC2CCC(N(C3CCC(COC4CCCCO4)CC3)C3CCC(OC4CCC(N(C5CCC(COC6CCCCO6)CC5)C5CCC(COC6CCCCO6)CC5)CC4)CC3)CC2)OC1. The molecule has 71 heavy (non-hydrogen) atoms. The molecule has 4 heterocycles. The second-order valence-corrected chi connectivity index (χ2v) is 25.1. The molecule has 0 aromatic carbocycles. The summed E-state index contributed by atoms with van der Waals surface area (Å²) in [6.45, 7) is 7.02. The van der Waals surface area contributed by atoms with Gasteiger partial charge in [-0.25, -0.2) is 0 Å². The maximum atomic E-state index is 7.20. The second-order valence-electron chi connectivity index (χ2n) is 25.1. The van der Waals surface area contributed by atoms with Gasteiger partial charge in [-0.3, -0.25) is 9.80 Å². The molecule has 10 rings (SSSR count). The van der Waals surface area contributed by atoms with E-state index < -0.39 is 0 Å². The normalized spacial score (nSPS) is 41.5. The van der Waals surface area contributed by atoms with Crippen LogP contribution in [-0.2, 0) is 42.6 Å². The minimum Gasteiger partial charge on any atom is -0.375 e. The molecule has 11 heteroatoms. The van der Waals surface area contributed by atoms with Gasteiger partial charge in [-0.05, 0) is 255 Å². The van der Waals surface area contributed by atoms with Crippen molar-refractivity contribution in [3.63, 3.8) is 0 Å². The van der Waals surface area contributed by atoms with Crippen LogP contribution in [0.15, 0.2) is 0 Å². The Morgan fingerprint density at radius 3 is 0.690 bits per heavy atom. The molecule has 0 amide bonds. The Morgan fingerprint density at radius 1 is 0.254 bits per heavy atom. The van der Waals surface area contributed by atoms with Gasteiger partial charge in [0.15, 0.2) is 25.2 Å². The summed E-state index contributed by atoms with van der Waals surface area (Å²) in [4.78, 5) is 6.27. The highest BCUT2D eigenvalue weighted by Crippen LogP contribution is 2.43. The van der Waals surface area contributed by atoms with E-state index >= 15 is 0 Å². The Hall–Kier alpha value is -0.440. The molecule has 10 fully saturated rings. The molecule has 0 aromatic heterocycles. The van der Waals surface area contributed by atoms with Crippen LogP contribution in [0.25, 0.3) is 0 Å². The highest BCUT2D eigenvalue weighted by molar-refractivity contribution is 4.96. The van der Waals surface area contributed by atoms with Crippen molar-refractivity contribution < 1.29 is 42.6 Å². The van der Waals surface area contributed by atoms with Crippen LogP contribution in [0.4, 0.5) is 0 Å². The minimum atomic E-state index is 0.0371. The van der Waals surface area contributed by atoms with Crippen LogP contribution in [0.3, 0.4) is 0 Å². The highest BCUT2D eigenvalue weighted by atomic mass is 16.7. The van der Waals surface area contributed by atoms with Crippen LogP contribution in [0.2, 0.25) is 0 Å². The molecule has 10 aliphatic rings. The van der Waals surface area contributed by atoms with E-state index in [1.54, 1.807) is 0 Å². The molecule has 408 valence electrons. The summed E-state index contributed by atoms with van der Waals surface area (Å²) in [6.07, 6.45) is 46.2. The fraction of sp³-hybridized carbons (Fsp3) is 1.00. The molecule has 4 atom stereocenters. The Labute approximate surface area is 432 Å². The van der Waals surface area contributed by atoms with Crippen LogP contribution < -0.4 is 0 Å². The van der Waals surface area contributed by atoms with Crippen LogP contribution in [-0.4, -0.2) is 136 Å². The molecule has 0 spiro atoms. The zero-order chi connectivity index (χ0) is 47.9. The first-order valence-electron chi connectivity index (χ1n) is 31.3. The number of nitrogens with zero attached hydrogens (tertiary/aromatic N) is 2. The van der Waals surface area contributed by atoms with Crippen molar-refractivity contribution in [2.24, 2.45) is 23.7 Å². The van der Waals surface area contributed by atoms with Gasteiger partial charge in [0.25, 0.3) is 0 Å². The number of rotatable bonds is 20. The summed E-state index contributed by atoms with van der Waals surface area (Å²) in [5.41, 5.74) is 0. The average Bonchev–Trinajstić information content (AvgIpc) is 3.44. The van der Waals surface area contributed by atoms with E-state index in [1.807, 2.05) is 0 Å². The molecule has 0 radical (unpaired) electrons. The average molecular weight is 997 g/mol. The van der Waals surface area contributed by atoms with Crippen LogP contribution in [0, 0.1) is 23.7 Å². The number of hydrogen-bond acceptors (Lipinski definition) is 11. The Bertz CT molecular complexity index is 1230. The molecule has 4 saturated heterocycles. The van der Waals surface area contributed by atoms with E-state index in [1.165, 1.54) is 205 Å². The van der Waals surface area contributed by atoms with Crippen molar-refractivity contribution in [1.82, 2.24) is 9.80 Å². The van der Waals surface area contributed by atoms with Crippen LogP contribution >= 0.6 is 0 Å². The van der Waals surface area contributed by atoms with Gasteiger partial charge in [0.2, 0.25) is 0 Å². The Morgan fingerprint density at radius 2 is 0.479 bits per heavy atom. The molecular formula is C60H104N2O9. The van der Waals surface area contributed by atoms with Gasteiger partial charge in [-0.1, -0.05) is 0 Å². The smallest absolute Gasteiger partial charge is 0.157 e. The minimum absolute atomic E-state index is 0.0371. The predicted octanol–water partition coefficient (Wildman–Crippen LogP) is 12.6. The Kier molecular flexibility index (Phi) is 21.9. The van der Waals surface area contributed by atoms with Gasteiger partial charge < -0.3 is 42.6 Å². The van der Waals surface area contributed by atoms with Crippen molar-refractivity contribution in [2.75, 3.05) is 52.9 Å². The number of ether oxygens (including phenoxy) is 9. The lowest BCUT2D eigenvalue weighted by molar-refractivity contribution is -0.172. The van der Waals surface area contributed by atoms with Gasteiger partial charge in [0, 0.05) is 62.7 Å². The zero-order valence-corrected chi connectivity index (χ0v) is 44.9. The molecule has 11 nitrogen and oxygen atoms in total. The van der Waals surface area contributed by atoms with Crippen molar-refractivity contribution in [3.05, 3.63) is 0 Å². The molecule has 6 aliphatic carbocycles. The summed E-state index contributed by atoms with van der Waals surface area (Å²) >= 11 is 0. The predicted molar refractivity (Wildman–Crippen MR) is 278 cm³/mol. The van der Waals surface area contributed by atoms with E-state index in [4.69, 9.17) is 42.6 Å². The standard InChI is InChI=1S/C60H104N2O9/c1-5-37-63-57(9-1)67-41-45-13-21-49(22-14-45)61(50-23-15-46(16-24-50)42-68-58-10-2-6-38-64-58)53-29-33-55(34-30-53)71-56-35-31-54(32-36-56)62(51-25-17-47(18-26-51)43-69-59-11-3-7-39-65-59)52-27-19-48(20-28-52)44-70-60-12-4-8-40-66-60/h45-60H,1-44H2. The lowest BCUT2D eigenvalue weighted by atomic mass is 9.79. The summed E-state index contributed by atoms with van der Waals surface area (Å²) in [5.74, 6) is 2.73. The first kappa shape index (κ1) is 53.9. The first-order valence-corrected chi connectivity index (χ1v) is 31.3. The fourth-order valence-corrected chi connectivity index (χ4v) is 15.8. The third kappa shape index (κ3) is 16.3. The monoisotopic (exact) mass is 997 g/mol. The maximum absolute atomic E-state index is 7.20. The second kappa shape index (κ2) is 28.8. The van der Waals surface area contributed by atoms with E-state index in [0.29, 0.717) is 72.1 Å². The molecule has 4 aliphatic heterocycles. The van der Waals surface area contributed by atoms with Gasteiger partial charge >= 0.3 is 0 Å². The molecule has 0 N–H and O–H groups in total. The van der Waals surface area contributed by atoms with Gasteiger partial charge in [-0.2, -0.15) is 0 Å². The molecule has 0 bridgehead atoms. The number of hydrogen-bond donors (Lipinski definition) is 0. The fourth-order valence-electron chi connectivity index (χ4n) is 15.8. The highest BCUT2D eigenvalue weighted by Gasteiger charge is 2.42. The van der Waals surface area contributed by atoms with Crippen molar-refractivity contribution in [3.8, 4) is 0 Å². The van der Waals surface area contributed by atoms with E-state index in [0.717, 1.165) is 78.5 Å². The Balaban J connectivity index is 0.698. The van der Waals surface area contributed by atoms with Gasteiger partial charge in [0.1, 0.15) is 0 Å². The molecule has 0 aromatic rings. The van der Waals surface area contributed by atoms with E-state index in [9.17, 15) is 0 Å². The van der Waals surface area contributed by atoms with E-state index in [2.05, 4.69) is 9.80 Å². The van der Waals surface area contributed by atoms with Crippen molar-refractivity contribution in [1.29, 1.82) is 0 Å². The van der Waals surface area contributed by atoms with Crippen molar-refractivity contribution in [2.45, 2.75) is 305 Å². The molecular weight excluding hydrogens is 893 g/mol. The van der Waals surface area contributed by atoms with Crippen LogP contribution in [0.5, 0.6) is 0 Å². The summed E-state index contributed by atoms with van der Waals surface area (Å²) < 4.78 is 56.3. The maximum Gasteiger partial charge on any atom is 0.157 e. The van der Waals surface area contributed by atoms with Crippen molar-refractivity contribution >= 4 is 0 Å². The lowest BCUT2D eigenvalue weighted by Gasteiger charge is -2.50. The molecule has 6 saturated carbocycles. The third-order valence-electron chi connectivity index (χ3n) is 20.1. The summed E-state index contributed by atoms with van der Waals surface area (Å²) in [5, 5.41) is 0. The van der Waals surface area contributed by atoms with E-state index in [-0.39, 0.29) is 25.2 Å². The molecule has 4 unspecified atom stereocenters. The first-order chi connectivity index (χ1) is 35.1. The quantitative estimate of drug-likeness (QED) is 0.117. The zero-order valence-electron chi connectivity index (χ0n) is 44.9.